The SMILES string of the molecule is COc1cc(CN(C(=O)c2ccc(C)cc2)C2CCCC2)ccc1OC[C@@H]1CCCCO1. The molecule has 0 N–H and O–H groups in total. The number of rotatable bonds is 8. The van der Waals surface area contributed by atoms with Crippen LogP contribution >= 0.6 is 0 Å². The molecule has 1 heterocycles. The average molecular weight is 438 g/mol. The quantitative estimate of drug-likeness (QED) is 0.544. The summed E-state index contributed by atoms with van der Waals surface area (Å²) < 4.78 is 17.4. The van der Waals surface area contributed by atoms with E-state index in [1.165, 1.54) is 19.3 Å². The third-order valence-corrected chi connectivity index (χ3v) is 6.60. The topological polar surface area (TPSA) is 48.0 Å². The molecule has 2 fully saturated rings. The molecule has 5 heteroatoms. The van der Waals surface area contributed by atoms with Gasteiger partial charge in [-0.25, -0.2) is 0 Å². The number of benzene rings is 2. The van der Waals surface area contributed by atoms with Crippen molar-refractivity contribution in [3.05, 3.63) is 59.2 Å². The Balaban J connectivity index is 1.48. The van der Waals surface area contributed by atoms with E-state index in [1.807, 2.05) is 54.3 Å². The molecule has 0 spiro atoms. The Morgan fingerprint density at radius 1 is 1.00 bits per heavy atom. The molecule has 0 aromatic heterocycles. The summed E-state index contributed by atoms with van der Waals surface area (Å²) in [7, 11) is 1.66. The van der Waals surface area contributed by atoms with Crippen LogP contribution in [0.25, 0.3) is 0 Å². The first-order valence-electron chi connectivity index (χ1n) is 11.9. The molecule has 2 aromatic rings. The van der Waals surface area contributed by atoms with Gasteiger partial charge in [-0.2, -0.15) is 0 Å². The summed E-state index contributed by atoms with van der Waals surface area (Å²) in [6, 6.07) is 14.2. The van der Waals surface area contributed by atoms with Gasteiger partial charge in [-0.1, -0.05) is 36.6 Å². The molecule has 0 unspecified atom stereocenters. The van der Waals surface area contributed by atoms with Crippen molar-refractivity contribution in [3.8, 4) is 11.5 Å². The fourth-order valence-electron chi connectivity index (χ4n) is 4.69. The number of ether oxygens (including phenoxy) is 3. The number of amides is 1. The highest BCUT2D eigenvalue weighted by Crippen LogP contribution is 2.31. The highest BCUT2D eigenvalue weighted by atomic mass is 16.5. The van der Waals surface area contributed by atoms with E-state index in [0.29, 0.717) is 18.9 Å². The van der Waals surface area contributed by atoms with Crippen LogP contribution in [-0.2, 0) is 11.3 Å². The highest BCUT2D eigenvalue weighted by molar-refractivity contribution is 5.94. The van der Waals surface area contributed by atoms with E-state index in [4.69, 9.17) is 14.2 Å². The molecule has 2 aromatic carbocycles. The first-order chi connectivity index (χ1) is 15.6. The van der Waals surface area contributed by atoms with Gasteiger partial charge in [0.2, 0.25) is 0 Å². The lowest BCUT2D eigenvalue weighted by molar-refractivity contribution is -0.0114. The number of methoxy groups -OCH3 is 1. The summed E-state index contributed by atoms with van der Waals surface area (Å²) in [6.07, 6.45) is 8.01. The predicted octanol–water partition coefficient (Wildman–Crippen LogP) is 5.54. The summed E-state index contributed by atoms with van der Waals surface area (Å²) in [5, 5.41) is 0. The van der Waals surface area contributed by atoms with Crippen LogP contribution in [0.4, 0.5) is 0 Å². The number of hydrogen-bond acceptors (Lipinski definition) is 4. The van der Waals surface area contributed by atoms with Gasteiger partial charge in [-0.3, -0.25) is 4.79 Å². The van der Waals surface area contributed by atoms with Crippen molar-refractivity contribution in [1.82, 2.24) is 4.90 Å². The van der Waals surface area contributed by atoms with Gasteiger partial charge >= 0.3 is 0 Å². The van der Waals surface area contributed by atoms with Crippen LogP contribution in [-0.4, -0.2) is 43.3 Å². The Morgan fingerprint density at radius 2 is 1.75 bits per heavy atom. The van der Waals surface area contributed by atoms with Gasteiger partial charge in [0, 0.05) is 24.8 Å². The Morgan fingerprint density at radius 3 is 2.44 bits per heavy atom. The number of hydrogen-bond donors (Lipinski definition) is 0. The molecule has 172 valence electrons. The van der Waals surface area contributed by atoms with E-state index in [9.17, 15) is 4.79 Å². The molecule has 5 nitrogen and oxygen atoms in total. The van der Waals surface area contributed by atoms with E-state index in [0.717, 1.165) is 54.7 Å². The molecule has 4 rings (SSSR count). The lowest BCUT2D eigenvalue weighted by atomic mass is 10.1. The minimum Gasteiger partial charge on any atom is -0.493 e. The van der Waals surface area contributed by atoms with Crippen molar-refractivity contribution in [2.24, 2.45) is 0 Å². The Kier molecular flexibility index (Phi) is 7.69. The Labute approximate surface area is 191 Å². The molecule has 0 radical (unpaired) electrons. The van der Waals surface area contributed by atoms with E-state index in [1.54, 1.807) is 7.11 Å². The first-order valence-corrected chi connectivity index (χ1v) is 11.9. The van der Waals surface area contributed by atoms with Gasteiger partial charge in [0.05, 0.1) is 13.2 Å². The maximum atomic E-state index is 13.4. The Hall–Kier alpha value is -2.53. The standard InChI is InChI=1S/C27H35NO4/c1-20-10-13-22(14-11-20)27(29)28(23-7-3-4-8-23)18-21-12-15-25(26(17-21)30-2)32-19-24-9-5-6-16-31-24/h10-15,17,23-24H,3-9,16,18-19H2,1-2H3/t24-/m0/s1. The van der Waals surface area contributed by atoms with E-state index in [-0.39, 0.29) is 18.1 Å². The van der Waals surface area contributed by atoms with Crippen LogP contribution in [0.1, 0.15) is 66.4 Å². The van der Waals surface area contributed by atoms with Gasteiger partial charge in [0.15, 0.2) is 11.5 Å². The van der Waals surface area contributed by atoms with Gasteiger partial charge in [0.1, 0.15) is 6.61 Å². The largest absolute Gasteiger partial charge is 0.493 e. The second kappa shape index (κ2) is 10.9. The maximum Gasteiger partial charge on any atom is 0.254 e. The van der Waals surface area contributed by atoms with Crippen LogP contribution in [0.5, 0.6) is 11.5 Å². The second-order valence-corrected chi connectivity index (χ2v) is 9.02. The van der Waals surface area contributed by atoms with E-state index in [2.05, 4.69) is 0 Å². The molecule has 1 aliphatic carbocycles. The zero-order valence-electron chi connectivity index (χ0n) is 19.3. The predicted molar refractivity (Wildman–Crippen MR) is 125 cm³/mol. The minimum atomic E-state index is 0.102. The fraction of sp³-hybridized carbons (Fsp3) is 0.519. The van der Waals surface area contributed by atoms with Gasteiger partial charge < -0.3 is 19.1 Å². The van der Waals surface area contributed by atoms with Crippen LogP contribution in [0.3, 0.4) is 0 Å². The highest BCUT2D eigenvalue weighted by Gasteiger charge is 2.28. The Bertz CT molecular complexity index is 883. The lowest BCUT2D eigenvalue weighted by Gasteiger charge is -2.29. The van der Waals surface area contributed by atoms with Crippen molar-refractivity contribution in [2.75, 3.05) is 20.3 Å². The normalized spacial score (nSPS) is 19.0. The molecule has 1 aliphatic heterocycles. The molecular formula is C27H35NO4. The monoisotopic (exact) mass is 437 g/mol. The number of nitrogens with zero attached hydrogens (tertiary/aromatic N) is 1. The summed E-state index contributed by atoms with van der Waals surface area (Å²) in [6.45, 7) is 3.96. The maximum absolute atomic E-state index is 13.4. The van der Waals surface area contributed by atoms with Crippen LogP contribution in [0, 0.1) is 6.92 Å². The number of carbonyl (C=O) groups excluding carboxylic acids is 1. The van der Waals surface area contributed by atoms with Gasteiger partial charge in [-0.15, -0.1) is 0 Å². The molecule has 2 aliphatic rings. The lowest BCUT2D eigenvalue weighted by Crippen LogP contribution is -2.38. The summed E-state index contributed by atoms with van der Waals surface area (Å²) in [4.78, 5) is 15.4. The third-order valence-electron chi connectivity index (χ3n) is 6.60. The number of carbonyl (C=O) groups is 1. The summed E-state index contributed by atoms with van der Waals surface area (Å²) >= 11 is 0. The second-order valence-electron chi connectivity index (χ2n) is 9.02. The first kappa shape index (κ1) is 22.7. The van der Waals surface area contributed by atoms with Crippen molar-refractivity contribution in [3.63, 3.8) is 0 Å². The molecule has 32 heavy (non-hydrogen) atoms. The van der Waals surface area contributed by atoms with Crippen molar-refractivity contribution in [1.29, 1.82) is 0 Å². The molecular weight excluding hydrogens is 402 g/mol. The number of aryl methyl sites for hydroxylation is 1. The molecule has 1 saturated heterocycles. The van der Waals surface area contributed by atoms with Crippen molar-refractivity contribution >= 4 is 5.91 Å². The molecule has 1 atom stereocenters. The third kappa shape index (κ3) is 5.63. The zero-order valence-corrected chi connectivity index (χ0v) is 19.3. The molecule has 1 saturated carbocycles. The van der Waals surface area contributed by atoms with Crippen LogP contribution < -0.4 is 9.47 Å². The summed E-state index contributed by atoms with van der Waals surface area (Å²) in [5.41, 5.74) is 2.96. The minimum absolute atomic E-state index is 0.102. The van der Waals surface area contributed by atoms with Crippen molar-refractivity contribution < 1.29 is 19.0 Å². The zero-order chi connectivity index (χ0) is 22.3. The van der Waals surface area contributed by atoms with Gasteiger partial charge in [-0.05, 0) is 68.9 Å². The average Bonchev–Trinajstić information content (AvgIpc) is 3.37. The molecule has 0 bridgehead atoms. The van der Waals surface area contributed by atoms with Crippen LogP contribution in [0.15, 0.2) is 42.5 Å². The van der Waals surface area contributed by atoms with Gasteiger partial charge in [0.25, 0.3) is 5.91 Å². The fourth-order valence-corrected chi connectivity index (χ4v) is 4.69. The summed E-state index contributed by atoms with van der Waals surface area (Å²) in [5.74, 6) is 1.53. The van der Waals surface area contributed by atoms with E-state index < -0.39 is 0 Å². The van der Waals surface area contributed by atoms with E-state index >= 15 is 0 Å². The van der Waals surface area contributed by atoms with Crippen molar-refractivity contribution in [2.45, 2.75) is 70.6 Å². The molecule has 1 amide bonds. The van der Waals surface area contributed by atoms with Crippen LogP contribution in [0.2, 0.25) is 0 Å². The smallest absolute Gasteiger partial charge is 0.254 e.